The Morgan fingerprint density at radius 2 is 2.21 bits per heavy atom. The number of aromatic nitrogens is 1. The average Bonchev–Trinajstić information content (AvgIpc) is 3.13. The maximum atomic E-state index is 5.96. The Bertz CT molecular complexity index is 600. The SMILES string of the molecule is COc1ccc(C)cc1-c1c(CC2CC2)noc1N. The molecule has 0 atom stereocenters. The smallest absolute Gasteiger partial charge is 0.230 e. The van der Waals surface area contributed by atoms with E-state index in [0.29, 0.717) is 5.88 Å². The van der Waals surface area contributed by atoms with Crippen molar-refractivity contribution in [3.63, 3.8) is 0 Å². The Balaban J connectivity index is 2.09. The first kappa shape index (κ1) is 12.1. The van der Waals surface area contributed by atoms with Crippen LogP contribution in [0.25, 0.3) is 11.1 Å². The molecule has 0 saturated heterocycles. The number of rotatable bonds is 4. The lowest BCUT2D eigenvalue weighted by molar-refractivity contribution is 0.416. The molecule has 2 N–H and O–H groups in total. The molecule has 0 radical (unpaired) electrons. The highest BCUT2D eigenvalue weighted by Gasteiger charge is 2.27. The van der Waals surface area contributed by atoms with E-state index in [1.165, 1.54) is 12.8 Å². The van der Waals surface area contributed by atoms with E-state index < -0.39 is 0 Å². The molecule has 0 unspecified atom stereocenters. The average molecular weight is 258 g/mol. The molecule has 1 aliphatic rings. The minimum Gasteiger partial charge on any atom is -0.496 e. The summed E-state index contributed by atoms with van der Waals surface area (Å²) in [7, 11) is 1.67. The van der Waals surface area contributed by atoms with Crippen LogP contribution < -0.4 is 10.5 Å². The molecule has 1 aliphatic carbocycles. The number of hydrogen-bond donors (Lipinski definition) is 1. The number of nitrogens with two attached hydrogens (primary N) is 1. The molecular formula is C15H18N2O2. The first-order valence-corrected chi connectivity index (χ1v) is 6.58. The minimum absolute atomic E-state index is 0.375. The van der Waals surface area contributed by atoms with Crippen molar-refractivity contribution in [1.29, 1.82) is 0 Å². The van der Waals surface area contributed by atoms with Crippen LogP contribution in [-0.4, -0.2) is 12.3 Å². The summed E-state index contributed by atoms with van der Waals surface area (Å²) < 4.78 is 10.6. The summed E-state index contributed by atoms with van der Waals surface area (Å²) in [5.41, 5.74) is 9.93. The van der Waals surface area contributed by atoms with Gasteiger partial charge in [0, 0.05) is 5.56 Å². The summed E-state index contributed by atoms with van der Waals surface area (Å²) >= 11 is 0. The zero-order valence-electron chi connectivity index (χ0n) is 11.3. The number of aryl methyl sites for hydroxylation is 1. The quantitative estimate of drug-likeness (QED) is 0.914. The van der Waals surface area contributed by atoms with Crippen molar-refractivity contribution >= 4 is 5.88 Å². The van der Waals surface area contributed by atoms with Gasteiger partial charge in [0.2, 0.25) is 5.88 Å². The van der Waals surface area contributed by atoms with E-state index in [2.05, 4.69) is 11.2 Å². The summed E-state index contributed by atoms with van der Waals surface area (Å²) in [6.45, 7) is 2.05. The summed E-state index contributed by atoms with van der Waals surface area (Å²) in [6, 6.07) is 6.04. The predicted molar refractivity (Wildman–Crippen MR) is 74.1 cm³/mol. The van der Waals surface area contributed by atoms with Gasteiger partial charge in [-0.25, -0.2) is 0 Å². The van der Waals surface area contributed by atoms with Crippen LogP contribution in [0.3, 0.4) is 0 Å². The van der Waals surface area contributed by atoms with Crippen molar-refractivity contribution < 1.29 is 9.26 Å². The number of anilines is 1. The van der Waals surface area contributed by atoms with Crippen molar-refractivity contribution in [2.45, 2.75) is 26.2 Å². The summed E-state index contributed by atoms with van der Waals surface area (Å²) in [5, 5.41) is 4.12. The second kappa shape index (κ2) is 4.61. The molecule has 2 aromatic rings. The topological polar surface area (TPSA) is 61.3 Å². The fourth-order valence-corrected chi connectivity index (χ4v) is 2.38. The van der Waals surface area contributed by atoms with Gasteiger partial charge in [0.15, 0.2) is 0 Å². The Morgan fingerprint density at radius 1 is 1.42 bits per heavy atom. The maximum Gasteiger partial charge on any atom is 0.230 e. The number of hydrogen-bond acceptors (Lipinski definition) is 4. The van der Waals surface area contributed by atoms with Gasteiger partial charge in [-0.2, -0.15) is 0 Å². The highest BCUT2D eigenvalue weighted by Crippen LogP contribution is 2.40. The fraction of sp³-hybridized carbons (Fsp3) is 0.400. The third kappa shape index (κ3) is 2.30. The van der Waals surface area contributed by atoms with Crippen LogP contribution in [0.15, 0.2) is 22.7 Å². The molecule has 19 heavy (non-hydrogen) atoms. The molecule has 4 nitrogen and oxygen atoms in total. The molecule has 1 heterocycles. The van der Waals surface area contributed by atoms with Crippen molar-refractivity contribution in [1.82, 2.24) is 5.16 Å². The molecule has 3 rings (SSSR count). The standard InChI is InChI=1S/C15H18N2O2/c1-9-3-6-13(18-2)11(7-9)14-12(8-10-4-5-10)17-19-15(14)16/h3,6-7,10H,4-5,8,16H2,1-2H3. The number of benzene rings is 1. The Hall–Kier alpha value is -1.97. The van der Waals surface area contributed by atoms with Crippen LogP contribution >= 0.6 is 0 Å². The first-order chi connectivity index (χ1) is 9.19. The molecule has 1 aromatic carbocycles. The lowest BCUT2D eigenvalue weighted by Crippen LogP contribution is -1.96. The minimum atomic E-state index is 0.375. The van der Waals surface area contributed by atoms with E-state index in [1.54, 1.807) is 7.11 Å². The van der Waals surface area contributed by atoms with Gasteiger partial charge in [-0.05, 0) is 44.2 Å². The van der Waals surface area contributed by atoms with E-state index in [4.69, 9.17) is 15.0 Å². The van der Waals surface area contributed by atoms with Gasteiger partial charge < -0.3 is 15.0 Å². The van der Waals surface area contributed by atoms with E-state index in [0.717, 1.165) is 40.5 Å². The lowest BCUT2D eigenvalue weighted by Gasteiger charge is -2.09. The van der Waals surface area contributed by atoms with E-state index in [-0.39, 0.29) is 0 Å². The van der Waals surface area contributed by atoms with E-state index in [9.17, 15) is 0 Å². The van der Waals surface area contributed by atoms with Gasteiger partial charge in [0.25, 0.3) is 0 Å². The lowest BCUT2D eigenvalue weighted by atomic mass is 10.00. The van der Waals surface area contributed by atoms with Gasteiger partial charge in [-0.3, -0.25) is 0 Å². The normalized spacial score (nSPS) is 14.6. The predicted octanol–water partition coefficient (Wildman–Crippen LogP) is 3.19. The zero-order chi connectivity index (χ0) is 13.4. The molecule has 4 heteroatoms. The second-order valence-corrected chi connectivity index (χ2v) is 5.22. The molecule has 1 aromatic heterocycles. The Labute approximate surface area is 112 Å². The first-order valence-electron chi connectivity index (χ1n) is 6.58. The van der Waals surface area contributed by atoms with Gasteiger partial charge >= 0.3 is 0 Å². The van der Waals surface area contributed by atoms with Gasteiger partial charge in [0.05, 0.1) is 18.4 Å². The molecule has 0 amide bonds. The van der Waals surface area contributed by atoms with Crippen LogP contribution in [0.1, 0.15) is 24.1 Å². The maximum absolute atomic E-state index is 5.96. The van der Waals surface area contributed by atoms with E-state index in [1.807, 2.05) is 19.1 Å². The summed E-state index contributed by atoms with van der Waals surface area (Å²) in [5.74, 6) is 1.91. The van der Waals surface area contributed by atoms with Crippen LogP contribution in [0.4, 0.5) is 5.88 Å². The largest absolute Gasteiger partial charge is 0.496 e. The monoisotopic (exact) mass is 258 g/mol. The number of nitrogen functional groups attached to an aromatic ring is 1. The Kier molecular flexibility index (Phi) is 2.93. The van der Waals surface area contributed by atoms with Crippen LogP contribution in [-0.2, 0) is 6.42 Å². The Morgan fingerprint density at radius 3 is 2.89 bits per heavy atom. The third-order valence-corrected chi connectivity index (χ3v) is 3.59. The molecule has 1 fully saturated rings. The highest BCUT2D eigenvalue weighted by atomic mass is 16.5. The highest BCUT2D eigenvalue weighted by molar-refractivity contribution is 5.80. The fourth-order valence-electron chi connectivity index (χ4n) is 2.38. The van der Waals surface area contributed by atoms with Crippen molar-refractivity contribution in [2.24, 2.45) is 5.92 Å². The molecule has 0 aliphatic heterocycles. The zero-order valence-corrected chi connectivity index (χ0v) is 11.3. The van der Waals surface area contributed by atoms with Crippen molar-refractivity contribution in [3.8, 4) is 16.9 Å². The summed E-state index contributed by atoms with van der Waals surface area (Å²) in [4.78, 5) is 0. The molecule has 100 valence electrons. The molecular weight excluding hydrogens is 240 g/mol. The number of ether oxygens (including phenoxy) is 1. The van der Waals surface area contributed by atoms with Crippen molar-refractivity contribution in [3.05, 3.63) is 29.5 Å². The molecule has 0 spiro atoms. The van der Waals surface area contributed by atoms with Gasteiger partial charge in [-0.1, -0.05) is 16.8 Å². The third-order valence-electron chi connectivity index (χ3n) is 3.59. The number of nitrogens with zero attached hydrogens (tertiary/aromatic N) is 1. The van der Waals surface area contributed by atoms with Crippen LogP contribution in [0.5, 0.6) is 5.75 Å². The van der Waals surface area contributed by atoms with Crippen molar-refractivity contribution in [2.75, 3.05) is 12.8 Å². The van der Waals surface area contributed by atoms with E-state index >= 15 is 0 Å². The van der Waals surface area contributed by atoms with Gasteiger partial charge in [0.1, 0.15) is 5.75 Å². The second-order valence-electron chi connectivity index (χ2n) is 5.22. The van der Waals surface area contributed by atoms with Gasteiger partial charge in [-0.15, -0.1) is 0 Å². The molecule has 0 bridgehead atoms. The molecule has 1 saturated carbocycles. The van der Waals surface area contributed by atoms with Crippen LogP contribution in [0.2, 0.25) is 0 Å². The summed E-state index contributed by atoms with van der Waals surface area (Å²) in [6.07, 6.45) is 3.49. The number of methoxy groups -OCH3 is 1. The van der Waals surface area contributed by atoms with Crippen LogP contribution in [0, 0.1) is 12.8 Å².